The molecule has 1 unspecified atom stereocenters. The Bertz CT molecular complexity index is 389. The largest absolute Gasteiger partial charge is 0.321 e. The van der Waals surface area contributed by atoms with E-state index in [1.807, 2.05) is 13.8 Å². The van der Waals surface area contributed by atoms with E-state index in [4.69, 9.17) is 17.3 Å². The van der Waals surface area contributed by atoms with Crippen LogP contribution in [0.1, 0.15) is 25.8 Å². The lowest BCUT2D eigenvalue weighted by Gasteiger charge is -2.16. The molecule has 0 radical (unpaired) electrons. The smallest absolute Gasteiger partial charge is 0.128 e. The van der Waals surface area contributed by atoms with Crippen molar-refractivity contribution in [2.75, 3.05) is 0 Å². The highest BCUT2D eigenvalue weighted by atomic mass is 35.5. The molecular weight excluding hydrogens is 201 g/mol. The van der Waals surface area contributed by atoms with E-state index in [-0.39, 0.29) is 11.2 Å². The van der Waals surface area contributed by atoms with Crippen LogP contribution < -0.4 is 5.73 Å². The molecule has 0 heterocycles. The Balaban J connectivity index is 2.48. The van der Waals surface area contributed by atoms with Gasteiger partial charge in [-0.15, -0.1) is 0 Å². The predicted octanol–water partition coefficient (Wildman–Crippen LogP) is 3.06. The van der Waals surface area contributed by atoms with Gasteiger partial charge in [0.05, 0.1) is 0 Å². The average molecular weight is 214 g/mol. The van der Waals surface area contributed by atoms with Crippen molar-refractivity contribution in [1.29, 1.82) is 0 Å². The van der Waals surface area contributed by atoms with E-state index in [9.17, 15) is 4.39 Å². The number of halogens is 2. The molecule has 3 heteroatoms. The standard InChI is InChI=1S/C11H13ClFN/c1-10(2)6-11(10,14)8-5-7(12)3-4-9(8)13/h3-5H,6,14H2,1-2H3. The number of nitrogens with two attached hydrogens (primary N) is 1. The van der Waals surface area contributed by atoms with Gasteiger partial charge in [0.1, 0.15) is 5.82 Å². The molecule has 0 aromatic heterocycles. The van der Waals surface area contributed by atoms with Crippen LogP contribution >= 0.6 is 11.6 Å². The topological polar surface area (TPSA) is 26.0 Å². The summed E-state index contributed by atoms with van der Waals surface area (Å²) in [4.78, 5) is 0. The Morgan fingerprint density at radius 3 is 2.50 bits per heavy atom. The van der Waals surface area contributed by atoms with E-state index in [2.05, 4.69) is 0 Å². The molecule has 0 aliphatic heterocycles. The van der Waals surface area contributed by atoms with E-state index >= 15 is 0 Å². The van der Waals surface area contributed by atoms with Crippen LogP contribution in [-0.4, -0.2) is 0 Å². The summed E-state index contributed by atoms with van der Waals surface area (Å²) in [5.74, 6) is -0.262. The minimum Gasteiger partial charge on any atom is -0.321 e. The summed E-state index contributed by atoms with van der Waals surface area (Å²) >= 11 is 5.82. The minimum absolute atomic E-state index is 0.0292. The lowest BCUT2D eigenvalue weighted by atomic mass is 9.97. The van der Waals surface area contributed by atoms with Crippen molar-refractivity contribution in [3.8, 4) is 0 Å². The Hall–Kier alpha value is -0.600. The first kappa shape index (κ1) is 9.94. The van der Waals surface area contributed by atoms with Crippen molar-refractivity contribution >= 4 is 11.6 Å². The number of hydrogen-bond acceptors (Lipinski definition) is 1. The second-order valence-corrected chi connectivity index (χ2v) is 5.09. The molecule has 0 spiro atoms. The Labute approximate surface area is 88.1 Å². The first-order chi connectivity index (χ1) is 6.37. The molecule has 1 aliphatic carbocycles. The summed E-state index contributed by atoms with van der Waals surface area (Å²) in [6.07, 6.45) is 0.803. The highest BCUT2D eigenvalue weighted by Crippen LogP contribution is 2.60. The highest BCUT2D eigenvalue weighted by molar-refractivity contribution is 6.30. The van der Waals surface area contributed by atoms with Gasteiger partial charge in [0.2, 0.25) is 0 Å². The number of hydrogen-bond donors (Lipinski definition) is 1. The van der Waals surface area contributed by atoms with Crippen LogP contribution in [0, 0.1) is 11.2 Å². The van der Waals surface area contributed by atoms with Crippen LogP contribution in [0.25, 0.3) is 0 Å². The summed E-state index contributed by atoms with van der Waals surface area (Å²) < 4.78 is 13.5. The zero-order valence-electron chi connectivity index (χ0n) is 8.27. The molecule has 0 bridgehead atoms. The molecule has 1 aromatic carbocycles. The third-order valence-electron chi connectivity index (χ3n) is 3.21. The molecule has 1 fully saturated rings. The maximum Gasteiger partial charge on any atom is 0.128 e. The first-order valence-electron chi connectivity index (χ1n) is 4.61. The summed E-state index contributed by atoms with van der Waals surface area (Å²) in [6.45, 7) is 4.07. The summed E-state index contributed by atoms with van der Waals surface area (Å²) in [5, 5.41) is 0.536. The molecule has 14 heavy (non-hydrogen) atoms. The zero-order chi connectivity index (χ0) is 10.6. The Morgan fingerprint density at radius 2 is 2.00 bits per heavy atom. The summed E-state index contributed by atoms with van der Waals surface area (Å²) in [6, 6.07) is 4.55. The summed E-state index contributed by atoms with van der Waals surface area (Å²) in [5.41, 5.74) is 6.08. The fourth-order valence-electron chi connectivity index (χ4n) is 1.95. The van der Waals surface area contributed by atoms with Crippen molar-refractivity contribution in [2.24, 2.45) is 11.1 Å². The van der Waals surface area contributed by atoms with Crippen LogP contribution in [0.3, 0.4) is 0 Å². The molecule has 2 rings (SSSR count). The van der Waals surface area contributed by atoms with Crippen molar-refractivity contribution in [3.63, 3.8) is 0 Å². The zero-order valence-corrected chi connectivity index (χ0v) is 9.03. The molecule has 2 N–H and O–H groups in total. The van der Waals surface area contributed by atoms with Gasteiger partial charge in [0.15, 0.2) is 0 Å². The summed E-state index contributed by atoms with van der Waals surface area (Å²) in [7, 11) is 0. The first-order valence-corrected chi connectivity index (χ1v) is 4.99. The third-order valence-corrected chi connectivity index (χ3v) is 3.45. The van der Waals surface area contributed by atoms with E-state index < -0.39 is 5.54 Å². The minimum atomic E-state index is -0.540. The van der Waals surface area contributed by atoms with Crippen LogP contribution in [0.5, 0.6) is 0 Å². The quantitative estimate of drug-likeness (QED) is 0.763. The van der Waals surface area contributed by atoms with Gasteiger partial charge in [0.25, 0.3) is 0 Å². The molecule has 1 aromatic rings. The molecule has 76 valence electrons. The van der Waals surface area contributed by atoms with Gasteiger partial charge in [-0.2, -0.15) is 0 Å². The van der Waals surface area contributed by atoms with Crippen LogP contribution in [0.4, 0.5) is 4.39 Å². The molecule has 1 saturated carbocycles. The van der Waals surface area contributed by atoms with Crippen molar-refractivity contribution in [1.82, 2.24) is 0 Å². The van der Waals surface area contributed by atoms with Gasteiger partial charge in [-0.1, -0.05) is 25.4 Å². The average Bonchev–Trinajstić information content (AvgIpc) is 2.58. The van der Waals surface area contributed by atoms with Crippen LogP contribution in [0.15, 0.2) is 18.2 Å². The number of benzene rings is 1. The van der Waals surface area contributed by atoms with Gasteiger partial charge in [-0.05, 0) is 30.0 Å². The van der Waals surface area contributed by atoms with Crippen LogP contribution in [0.2, 0.25) is 5.02 Å². The predicted molar refractivity (Wildman–Crippen MR) is 55.7 cm³/mol. The second kappa shape index (κ2) is 2.71. The Kier molecular flexibility index (Phi) is 1.92. The molecule has 1 nitrogen and oxygen atoms in total. The van der Waals surface area contributed by atoms with Crippen molar-refractivity contribution in [3.05, 3.63) is 34.6 Å². The van der Waals surface area contributed by atoms with E-state index in [0.717, 1.165) is 6.42 Å². The fraction of sp³-hybridized carbons (Fsp3) is 0.455. The fourth-order valence-corrected chi connectivity index (χ4v) is 2.12. The maximum absolute atomic E-state index is 13.5. The number of rotatable bonds is 1. The van der Waals surface area contributed by atoms with Gasteiger partial charge in [-0.25, -0.2) is 4.39 Å². The highest BCUT2D eigenvalue weighted by Gasteiger charge is 2.60. The van der Waals surface area contributed by atoms with E-state index in [1.165, 1.54) is 6.07 Å². The van der Waals surface area contributed by atoms with Crippen LogP contribution in [-0.2, 0) is 5.54 Å². The van der Waals surface area contributed by atoms with Crippen molar-refractivity contribution in [2.45, 2.75) is 25.8 Å². The van der Waals surface area contributed by atoms with Gasteiger partial charge in [-0.3, -0.25) is 0 Å². The lowest BCUT2D eigenvalue weighted by molar-refractivity contribution is 0.483. The molecule has 1 atom stereocenters. The monoisotopic (exact) mass is 213 g/mol. The maximum atomic E-state index is 13.5. The molecular formula is C11H13ClFN. The lowest BCUT2D eigenvalue weighted by Crippen LogP contribution is -2.26. The molecule has 1 aliphatic rings. The Morgan fingerprint density at radius 1 is 1.43 bits per heavy atom. The van der Waals surface area contributed by atoms with E-state index in [0.29, 0.717) is 10.6 Å². The molecule has 0 saturated heterocycles. The van der Waals surface area contributed by atoms with Gasteiger partial charge in [0, 0.05) is 16.1 Å². The normalized spacial score (nSPS) is 28.9. The van der Waals surface area contributed by atoms with Gasteiger partial charge >= 0.3 is 0 Å². The molecule has 0 amide bonds. The van der Waals surface area contributed by atoms with E-state index in [1.54, 1.807) is 12.1 Å². The SMILES string of the molecule is CC1(C)CC1(N)c1cc(Cl)ccc1F. The third kappa shape index (κ3) is 1.25. The van der Waals surface area contributed by atoms with Gasteiger partial charge < -0.3 is 5.73 Å². The van der Waals surface area contributed by atoms with Crippen molar-refractivity contribution < 1.29 is 4.39 Å². The second-order valence-electron chi connectivity index (χ2n) is 4.66.